The van der Waals surface area contributed by atoms with Crippen LogP contribution in [0.1, 0.15) is 38.2 Å². The zero-order chi connectivity index (χ0) is 15.2. The van der Waals surface area contributed by atoms with Crippen molar-refractivity contribution in [1.82, 2.24) is 5.32 Å². The van der Waals surface area contributed by atoms with Crippen molar-refractivity contribution in [2.75, 3.05) is 5.32 Å². The van der Waals surface area contributed by atoms with Crippen molar-refractivity contribution in [2.24, 2.45) is 5.92 Å². The van der Waals surface area contributed by atoms with E-state index >= 15 is 0 Å². The molecule has 1 aliphatic carbocycles. The van der Waals surface area contributed by atoms with Crippen molar-refractivity contribution in [3.8, 4) is 0 Å². The molecule has 0 heterocycles. The molecule has 0 aromatic heterocycles. The molecule has 2 rings (SSSR count). The number of hydrogen-bond acceptors (Lipinski definition) is 3. The molecule has 3 N–H and O–H groups in total. The Labute approximate surface area is 124 Å². The molecule has 5 nitrogen and oxygen atoms in total. The Balaban J connectivity index is 1.81. The third-order valence-electron chi connectivity index (χ3n) is 3.94. The first-order valence-corrected chi connectivity index (χ1v) is 7.37. The van der Waals surface area contributed by atoms with E-state index < -0.39 is 5.97 Å². The Kier molecular flexibility index (Phi) is 5.20. The fourth-order valence-electron chi connectivity index (χ4n) is 2.67. The van der Waals surface area contributed by atoms with E-state index in [2.05, 4.69) is 10.6 Å². The van der Waals surface area contributed by atoms with E-state index in [1.54, 1.807) is 0 Å². The van der Waals surface area contributed by atoms with Gasteiger partial charge in [-0.15, -0.1) is 0 Å². The number of benzene rings is 1. The molecule has 0 saturated heterocycles. The van der Waals surface area contributed by atoms with Crippen LogP contribution in [0.2, 0.25) is 0 Å². The molecular formula is C16H22N2O3. The predicted molar refractivity (Wildman–Crippen MR) is 81.0 cm³/mol. The van der Waals surface area contributed by atoms with Gasteiger partial charge in [-0.1, -0.05) is 12.1 Å². The summed E-state index contributed by atoms with van der Waals surface area (Å²) in [6.07, 6.45) is 3.27. The summed E-state index contributed by atoms with van der Waals surface area (Å²) >= 11 is 0. The number of hydrogen-bond donors (Lipinski definition) is 3. The van der Waals surface area contributed by atoms with Crippen LogP contribution in [0, 0.1) is 5.92 Å². The standard InChI is InChI=1S/C16H22N2O3/c1-11(19)17-10-12-2-6-14(7-3-12)18-15-8-4-13(5-9-15)16(20)21/h2-3,6-7,13,15,18H,4-5,8-10H2,1H3,(H,17,19)(H,20,21). The van der Waals surface area contributed by atoms with Gasteiger partial charge in [0.2, 0.25) is 5.91 Å². The maximum atomic E-state index is 10.9. The number of carbonyl (C=O) groups is 2. The Morgan fingerprint density at radius 3 is 2.29 bits per heavy atom. The van der Waals surface area contributed by atoms with Crippen molar-refractivity contribution in [3.05, 3.63) is 29.8 Å². The first-order chi connectivity index (χ1) is 10.0. The Hall–Kier alpha value is -2.04. The molecule has 0 aliphatic heterocycles. The van der Waals surface area contributed by atoms with Crippen molar-refractivity contribution in [1.29, 1.82) is 0 Å². The van der Waals surface area contributed by atoms with Gasteiger partial charge in [-0.2, -0.15) is 0 Å². The SMILES string of the molecule is CC(=O)NCc1ccc(NC2CCC(C(=O)O)CC2)cc1. The van der Waals surface area contributed by atoms with E-state index in [1.807, 2.05) is 24.3 Å². The third kappa shape index (κ3) is 4.77. The number of carbonyl (C=O) groups excluding carboxylic acids is 1. The molecule has 5 heteroatoms. The van der Waals surface area contributed by atoms with Crippen LogP contribution in [0.5, 0.6) is 0 Å². The van der Waals surface area contributed by atoms with Crippen LogP contribution in [0.3, 0.4) is 0 Å². The zero-order valence-corrected chi connectivity index (χ0v) is 12.3. The summed E-state index contributed by atoms with van der Waals surface area (Å²) in [5.74, 6) is -0.883. The molecule has 0 atom stereocenters. The Morgan fingerprint density at radius 2 is 1.76 bits per heavy atom. The topological polar surface area (TPSA) is 78.4 Å². The summed E-state index contributed by atoms with van der Waals surface area (Å²) in [6, 6.07) is 8.32. The molecule has 0 radical (unpaired) electrons. The summed E-state index contributed by atoms with van der Waals surface area (Å²) in [5, 5.41) is 15.2. The van der Waals surface area contributed by atoms with E-state index in [4.69, 9.17) is 5.11 Å². The van der Waals surface area contributed by atoms with Crippen LogP contribution >= 0.6 is 0 Å². The van der Waals surface area contributed by atoms with Crippen LogP contribution in [0.15, 0.2) is 24.3 Å². The first kappa shape index (κ1) is 15.4. The number of rotatable bonds is 5. The van der Waals surface area contributed by atoms with Crippen molar-refractivity contribution in [2.45, 2.75) is 45.2 Å². The lowest BCUT2D eigenvalue weighted by Gasteiger charge is -2.27. The highest BCUT2D eigenvalue weighted by Crippen LogP contribution is 2.26. The summed E-state index contributed by atoms with van der Waals surface area (Å²) in [4.78, 5) is 21.8. The van der Waals surface area contributed by atoms with Crippen LogP contribution in [0.25, 0.3) is 0 Å². The Morgan fingerprint density at radius 1 is 1.14 bits per heavy atom. The lowest BCUT2D eigenvalue weighted by Crippen LogP contribution is -2.29. The molecule has 21 heavy (non-hydrogen) atoms. The lowest BCUT2D eigenvalue weighted by molar-refractivity contribution is -0.142. The van der Waals surface area contributed by atoms with Crippen LogP contribution in [0.4, 0.5) is 5.69 Å². The largest absolute Gasteiger partial charge is 0.481 e. The van der Waals surface area contributed by atoms with E-state index in [9.17, 15) is 9.59 Å². The highest BCUT2D eigenvalue weighted by atomic mass is 16.4. The quantitative estimate of drug-likeness (QED) is 0.778. The molecule has 0 unspecified atom stereocenters. The Bertz CT molecular complexity index is 491. The van der Waals surface area contributed by atoms with Gasteiger partial charge >= 0.3 is 5.97 Å². The second-order valence-corrected chi connectivity index (χ2v) is 5.64. The molecule has 1 aromatic carbocycles. The minimum atomic E-state index is -0.671. The summed E-state index contributed by atoms with van der Waals surface area (Å²) in [5.41, 5.74) is 2.10. The normalized spacial score (nSPS) is 21.6. The molecule has 1 amide bonds. The molecule has 0 bridgehead atoms. The van der Waals surface area contributed by atoms with Gasteiger partial charge in [-0.05, 0) is 43.4 Å². The molecule has 1 aliphatic rings. The number of aliphatic carboxylic acids is 1. The van der Waals surface area contributed by atoms with Gasteiger partial charge in [0, 0.05) is 25.2 Å². The molecule has 1 saturated carbocycles. The highest BCUT2D eigenvalue weighted by molar-refractivity contribution is 5.72. The van der Waals surface area contributed by atoms with Gasteiger partial charge in [0.1, 0.15) is 0 Å². The number of carboxylic acid groups (broad SMARTS) is 1. The van der Waals surface area contributed by atoms with E-state index in [-0.39, 0.29) is 11.8 Å². The van der Waals surface area contributed by atoms with Gasteiger partial charge in [0.15, 0.2) is 0 Å². The average Bonchev–Trinajstić information content (AvgIpc) is 2.47. The van der Waals surface area contributed by atoms with Gasteiger partial charge < -0.3 is 15.7 Å². The fraction of sp³-hybridized carbons (Fsp3) is 0.500. The van der Waals surface area contributed by atoms with Gasteiger partial charge in [0.25, 0.3) is 0 Å². The minimum Gasteiger partial charge on any atom is -0.481 e. The fourth-order valence-corrected chi connectivity index (χ4v) is 2.67. The molecular weight excluding hydrogens is 268 g/mol. The predicted octanol–water partition coefficient (Wildman–Crippen LogP) is 2.38. The maximum Gasteiger partial charge on any atom is 0.306 e. The lowest BCUT2D eigenvalue weighted by atomic mass is 9.86. The first-order valence-electron chi connectivity index (χ1n) is 7.37. The number of carboxylic acids is 1. The third-order valence-corrected chi connectivity index (χ3v) is 3.94. The van der Waals surface area contributed by atoms with Gasteiger partial charge in [-0.3, -0.25) is 9.59 Å². The summed E-state index contributed by atoms with van der Waals surface area (Å²) in [7, 11) is 0. The van der Waals surface area contributed by atoms with E-state index in [0.717, 1.165) is 36.9 Å². The van der Waals surface area contributed by atoms with Crippen molar-refractivity contribution >= 4 is 17.6 Å². The smallest absolute Gasteiger partial charge is 0.306 e. The van der Waals surface area contributed by atoms with E-state index in [0.29, 0.717) is 12.6 Å². The minimum absolute atomic E-state index is 0.0348. The highest BCUT2D eigenvalue weighted by Gasteiger charge is 2.25. The number of amides is 1. The van der Waals surface area contributed by atoms with Crippen molar-refractivity contribution < 1.29 is 14.7 Å². The van der Waals surface area contributed by atoms with Crippen molar-refractivity contribution in [3.63, 3.8) is 0 Å². The molecule has 1 fully saturated rings. The number of anilines is 1. The summed E-state index contributed by atoms with van der Waals surface area (Å²) in [6.45, 7) is 2.04. The average molecular weight is 290 g/mol. The second-order valence-electron chi connectivity index (χ2n) is 5.64. The van der Waals surface area contributed by atoms with Crippen LogP contribution in [-0.4, -0.2) is 23.0 Å². The molecule has 1 aromatic rings. The number of nitrogens with one attached hydrogen (secondary N) is 2. The molecule has 114 valence electrons. The monoisotopic (exact) mass is 290 g/mol. The second kappa shape index (κ2) is 7.11. The molecule has 0 spiro atoms. The zero-order valence-electron chi connectivity index (χ0n) is 12.3. The van der Waals surface area contributed by atoms with Gasteiger partial charge in [-0.25, -0.2) is 0 Å². The maximum absolute atomic E-state index is 10.9. The van der Waals surface area contributed by atoms with Gasteiger partial charge in [0.05, 0.1) is 5.92 Å². The van der Waals surface area contributed by atoms with E-state index in [1.165, 1.54) is 6.92 Å². The summed E-state index contributed by atoms with van der Waals surface area (Å²) < 4.78 is 0. The van der Waals surface area contributed by atoms with Crippen LogP contribution < -0.4 is 10.6 Å². The van der Waals surface area contributed by atoms with Crippen LogP contribution in [-0.2, 0) is 16.1 Å².